The Labute approximate surface area is 96.6 Å². The normalized spacial score (nSPS) is 9.69. The van der Waals surface area contributed by atoms with Gasteiger partial charge in [0, 0.05) is 26.2 Å². The largest absolute Gasteiger partial charge is 0.432 e. The van der Waals surface area contributed by atoms with E-state index in [0.29, 0.717) is 0 Å². The van der Waals surface area contributed by atoms with Crippen molar-refractivity contribution in [3.63, 3.8) is 0 Å². The van der Waals surface area contributed by atoms with Crippen LogP contribution in [0.2, 0.25) is 0 Å². The molecule has 1 aromatic rings. The Balaban J connectivity index is 2.90. The third kappa shape index (κ3) is 2.86. The molecule has 5 nitrogen and oxygen atoms in total. The lowest BCUT2D eigenvalue weighted by molar-refractivity contribution is -0.387. The van der Waals surface area contributed by atoms with E-state index in [1.54, 1.807) is 14.1 Å². The summed E-state index contributed by atoms with van der Waals surface area (Å²) in [5, 5.41) is 10.5. The van der Waals surface area contributed by atoms with E-state index in [-0.39, 0.29) is 10.9 Å². The van der Waals surface area contributed by atoms with Crippen molar-refractivity contribution in [2.24, 2.45) is 0 Å². The fourth-order valence-corrected chi connectivity index (χ4v) is 0.988. The smallest absolute Gasteiger partial charge is 0.305 e. The second kappa shape index (κ2) is 4.84. The van der Waals surface area contributed by atoms with Crippen molar-refractivity contribution < 1.29 is 14.1 Å². The molecule has 0 atom stereocenters. The first-order valence-electron chi connectivity index (χ1n) is 4.25. The molecular weight excluding hydrogens is 235 g/mol. The molecule has 0 bridgehead atoms. The van der Waals surface area contributed by atoms with Gasteiger partial charge in [0.05, 0.1) is 4.92 Å². The highest BCUT2D eigenvalue weighted by Crippen LogP contribution is 2.22. The van der Waals surface area contributed by atoms with Crippen molar-refractivity contribution in [3.8, 4) is 5.75 Å². The summed E-state index contributed by atoms with van der Waals surface area (Å²) in [6.07, 6.45) is 0. The lowest BCUT2D eigenvalue weighted by Gasteiger charge is -2.13. The number of hydrogen-bond donors (Lipinski definition) is 0. The molecule has 1 rings (SSSR count). The molecule has 0 aliphatic rings. The van der Waals surface area contributed by atoms with E-state index in [4.69, 9.17) is 17.0 Å². The van der Waals surface area contributed by atoms with Crippen molar-refractivity contribution in [3.05, 3.63) is 34.1 Å². The molecule has 0 unspecified atom stereocenters. The van der Waals surface area contributed by atoms with Gasteiger partial charge < -0.3 is 9.64 Å². The Bertz CT molecular complexity index is 437. The van der Waals surface area contributed by atoms with E-state index in [2.05, 4.69) is 0 Å². The first-order chi connectivity index (χ1) is 7.41. The van der Waals surface area contributed by atoms with Gasteiger partial charge in [0.1, 0.15) is 5.75 Å². The van der Waals surface area contributed by atoms with Crippen molar-refractivity contribution in [1.29, 1.82) is 0 Å². The van der Waals surface area contributed by atoms with Crippen LogP contribution in [0.25, 0.3) is 0 Å². The summed E-state index contributed by atoms with van der Waals surface area (Å²) >= 11 is 4.84. The quantitative estimate of drug-likeness (QED) is 0.452. The number of nitro benzene ring substituents is 1. The van der Waals surface area contributed by atoms with Crippen molar-refractivity contribution >= 4 is 23.1 Å². The summed E-state index contributed by atoms with van der Waals surface area (Å²) in [4.78, 5) is 11.1. The highest BCUT2D eigenvalue weighted by Gasteiger charge is 2.15. The van der Waals surface area contributed by atoms with Gasteiger partial charge in [-0.2, -0.15) is 4.39 Å². The molecule has 16 heavy (non-hydrogen) atoms. The SMILES string of the molecule is CN(C)C(=S)Oc1ccc([N+](=O)[O-])c(F)c1. The van der Waals surface area contributed by atoms with Gasteiger partial charge in [-0.3, -0.25) is 10.1 Å². The highest BCUT2D eigenvalue weighted by atomic mass is 32.1. The minimum atomic E-state index is -0.955. The summed E-state index contributed by atoms with van der Waals surface area (Å²) in [6, 6.07) is 3.24. The maximum absolute atomic E-state index is 13.2. The van der Waals surface area contributed by atoms with Crippen LogP contribution in [0.15, 0.2) is 18.2 Å². The standard InChI is InChI=1S/C9H9FN2O3S/c1-11(2)9(16)15-6-3-4-8(12(13)14)7(10)5-6/h3-5H,1-2H3. The lowest BCUT2D eigenvalue weighted by atomic mass is 10.3. The third-order valence-electron chi connectivity index (χ3n) is 1.69. The molecule has 1 aromatic carbocycles. The van der Waals surface area contributed by atoms with Gasteiger partial charge in [0.25, 0.3) is 5.17 Å². The number of benzene rings is 1. The van der Waals surface area contributed by atoms with Gasteiger partial charge in [-0.1, -0.05) is 0 Å². The average molecular weight is 244 g/mol. The maximum atomic E-state index is 13.2. The third-order valence-corrected chi connectivity index (χ3v) is 2.13. The number of hydrogen-bond acceptors (Lipinski definition) is 4. The first kappa shape index (κ1) is 12.3. The number of halogens is 1. The van der Waals surface area contributed by atoms with Crippen molar-refractivity contribution in [2.75, 3.05) is 14.1 Å². The molecule has 0 N–H and O–H groups in total. The van der Waals surface area contributed by atoms with Crippen LogP contribution in [-0.2, 0) is 0 Å². The summed E-state index contributed by atoms with van der Waals surface area (Å²) in [6.45, 7) is 0. The van der Waals surface area contributed by atoms with Crippen LogP contribution < -0.4 is 4.74 Å². The van der Waals surface area contributed by atoms with Crippen molar-refractivity contribution in [2.45, 2.75) is 0 Å². The zero-order valence-corrected chi connectivity index (χ0v) is 9.45. The lowest BCUT2D eigenvalue weighted by Crippen LogP contribution is -2.25. The van der Waals surface area contributed by atoms with Crippen LogP contribution in [0.3, 0.4) is 0 Å². The molecule has 0 amide bonds. The second-order valence-electron chi connectivity index (χ2n) is 3.13. The first-order valence-corrected chi connectivity index (χ1v) is 4.65. The summed E-state index contributed by atoms with van der Waals surface area (Å²) < 4.78 is 18.3. The molecule has 0 saturated heterocycles. The van der Waals surface area contributed by atoms with E-state index >= 15 is 0 Å². The highest BCUT2D eigenvalue weighted by molar-refractivity contribution is 7.80. The molecule has 0 aromatic heterocycles. The Kier molecular flexibility index (Phi) is 3.73. The number of nitrogens with zero attached hydrogens (tertiary/aromatic N) is 2. The molecule has 7 heteroatoms. The second-order valence-corrected chi connectivity index (χ2v) is 3.48. The van der Waals surface area contributed by atoms with Gasteiger partial charge in [-0.25, -0.2) is 0 Å². The molecule has 0 heterocycles. The molecular formula is C9H9FN2O3S. The summed E-state index contributed by atoms with van der Waals surface area (Å²) in [5.74, 6) is -0.828. The molecule has 0 spiro atoms. The van der Waals surface area contributed by atoms with Gasteiger partial charge in [0.2, 0.25) is 5.82 Å². The molecule has 0 fully saturated rings. The Morgan fingerprint density at radius 2 is 2.19 bits per heavy atom. The zero-order chi connectivity index (χ0) is 12.3. The predicted octanol–water partition coefficient (Wildman–Crippen LogP) is 1.96. The Hall–Kier alpha value is -1.76. The van der Waals surface area contributed by atoms with Gasteiger partial charge in [0.15, 0.2) is 0 Å². The molecule has 0 aliphatic carbocycles. The predicted molar refractivity (Wildman–Crippen MR) is 60.0 cm³/mol. The van der Waals surface area contributed by atoms with E-state index in [1.807, 2.05) is 0 Å². The minimum absolute atomic E-state index is 0.127. The average Bonchev–Trinajstić information content (AvgIpc) is 2.16. The Morgan fingerprint density at radius 3 is 2.62 bits per heavy atom. The monoisotopic (exact) mass is 244 g/mol. The fraction of sp³-hybridized carbons (Fsp3) is 0.222. The molecule has 0 saturated carbocycles. The van der Waals surface area contributed by atoms with E-state index in [1.165, 1.54) is 11.0 Å². The number of thiocarbonyl (C=S) groups is 1. The van der Waals surface area contributed by atoms with E-state index < -0.39 is 16.4 Å². The van der Waals surface area contributed by atoms with Crippen molar-refractivity contribution in [1.82, 2.24) is 4.90 Å². The van der Waals surface area contributed by atoms with E-state index in [9.17, 15) is 14.5 Å². The van der Waals surface area contributed by atoms with Gasteiger partial charge in [-0.15, -0.1) is 0 Å². The number of nitro groups is 1. The van der Waals surface area contributed by atoms with Crippen LogP contribution in [0.5, 0.6) is 5.75 Å². The topological polar surface area (TPSA) is 55.6 Å². The Morgan fingerprint density at radius 1 is 1.56 bits per heavy atom. The van der Waals surface area contributed by atoms with Crippen LogP contribution >= 0.6 is 12.2 Å². The maximum Gasteiger partial charge on any atom is 0.305 e. The molecule has 0 aliphatic heterocycles. The van der Waals surface area contributed by atoms with Gasteiger partial charge >= 0.3 is 5.69 Å². The molecule has 0 radical (unpaired) electrons. The van der Waals surface area contributed by atoms with Crippen LogP contribution in [-0.4, -0.2) is 29.1 Å². The van der Waals surface area contributed by atoms with Crippen LogP contribution in [0.4, 0.5) is 10.1 Å². The van der Waals surface area contributed by atoms with Crippen LogP contribution in [0.1, 0.15) is 0 Å². The summed E-state index contributed by atoms with van der Waals surface area (Å²) in [7, 11) is 3.34. The number of ether oxygens (including phenoxy) is 1. The minimum Gasteiger partial charge on any atom is -0.432 e. The van der Waals surface area contributed by atoms with Crippen LogP contribution in [0, 0.1) is 15.9 Å². The fourth-order valence-electron chi connectivity index (χ4n) is 0.891. The summed E-state index contributed by atoms with van der Waals surface area (Å²) in [5.41, 5.74) is -0.594. The molecule has 86 valence electrons. The van der Waals surface area contributed by atoms with E-state index in [0.717, 1.165) is 12.1 Å². The van der Waals surface area contributed by atoms with Gasteiger partial charge in [-0.05, 0) is 18.3 Å². The zero-order valence-electron chi connectivity index (χ0n) is 8.64. The number of rotatable bonds is 2.